The van der Waals surface area contributed by atoms with Crippen LogP contribution in [0, 0.1) is 0 Å². The average molecular weight is 312 g/mol. The highest BCUT2D eigenvalue weighted by molar-refractivity contribution is 7.89. The molecule has 21 heavy (non-hydrogen) atoms. The van der Waals surface area contributed by atoms with Crippen LogP contribution in [0.25, 0.3) is 0 Å². The van der Waals surface area contributed by atoms with Gasteiger partial charge >= 0.3 is 0 Å². The van der Waals surface area contributed by atoms with Crippen molar-refractivity contribution < 1.29 is 8.42 Å². The maximum absolute atomic E-state index is 12.0. The number of likely N-dealkylation sites (N-methyl/N-ethyl adjacent to an activating group) is 1. The molecule has 0 aliphatic heterocycles. The van der Waals surface area contributed by atoms with Gasteiger partial charge in [0.15, 0.2) is 0 Å². The minimum absolute atomic E-state index is 0.187. The molecule has 5 heteroatoms. The number of hydrogen-bond donors (Lipinski definition) is 1. The first-order chi connectivity index (χ1) is 9.98. The highest BCUT2D eigenvalue weighted by atomic mass is 32.2. The molecule has 0 aliphatic rings. The van der Waals surface area contributed by atoms with E-state index >= 15 is 0 Å². The maximum atomic E-state index is 12.0. The van der Waals surface area contributed by atoms with Gasteiger partial charge in [0, 0.05) is 12.6 Å². The normalized spacial score (nSPS) is 13.5. The van der Waals surface area contributed by atoms with E-state index in [1.165, 1.54) is 5.56 Å². The lowest BCUT2D eigenvalue weighted by Crippen LogP contribution is -2.42. The molecule has 0 amide bonds. The minimum Gasteiger partial charge on any atom is -0.300 e. The summed E-state index contributed by atoms with van der Waals surface area (Å²) in [6, 6.07) is 10.2. The van der Waals surface area contributed by atoms with Crippen molar-refractivity contribution in [3.05, 3.63) is 35.9 Å². The van der Waals surface area contributed by atoms with Crippen LogP contribution in [0.4, 0.5) is 0 Å². The SMILES string of the molecule is CCN(CC)C(C)CNS(=O)(=O)CCCc1ccccc1. The molecular weight excluding hydrogens is 284 g/mol. The first-order valence-corrected chi connectivity index (χ1v) is 9.39. The second-order valence-electron chi connectivity index (χ2n) is 5.33. The Kier molecular flexibility index (Phi) is 7.93. The zero-order chi connectivity index (χ0) is 15.7. The van der Waals surface area contributed by atoms with Crippen LogP contribution in [0.3, 0.4) is 0 Å². The maximum Gasteiger partial charge on any atom is 0.211 e. The van der Waals surface area contributed by atoms with Crippen molar-refractivity contribution in [1.29, 1.82) is 0 Å². The van der Waals surface area contributed by atoms with E-state index in [2.05, 4.69) is 30.4 Å². The number of nitrogens with zero attached hydrogens (tertiary/aromatic N) is 1. The Morgan fingerprint density at radius 3 is 2.33 bits per heavy atom. The predicted octanol–water partition coefficient (Wildman–Crippen LogP) is 2.27. The summed E-state index contributed by atoms with van der Waals surface area (Å²) in [7, 11) is -3.17. The highest BCUT2D eigenvalue weighted by Gasteiger charge is 2.15. The van der Waals surface area contributed by atoms with Crippen molar-refractivity contribution in [1.82, 2.24) is 9.62 Å². The van der Waals surface area contributed by atoms with Crippen LogP contribution in [-0.4, -0.2) is 44.7 Å². The molecule has 1 rings (SSSR count). The van der Waals surface area contributed by atoms with E-state index in [1.807, 2.05) is 30.3 Å². The van der Waals surface area contributed by atoms with Crippen molar-refractivity contribution in [2.24, 2.45) is 0 Å². The van der Waals surface area contributed by atoms with Gasteiger partial charge in [-0.15, -0.1) is 0 Å². The van der Waals surface area contributed by atoms with Gasteiger partial charge in [-0.1, -0.05) is 44.2 Å². The summed E-state index contributed by atoms with van der Waals surface area (Å²) in [4.78, 5) is 2.24. The van der Waals surface area contributed by atoms with Gasteiger partial charge < -0.3 is 0 Å². The van der Waals surface area contributed by atoms with Crippen molar-refractivity contribution >= 4 is 10.0 Å². The summed E-state index contributed by atoms with van der Waals surface area (Å²) in [6.45, 7) is 8.60. The first-order valence-electron chi connectivity index (χ1n) is 7.73. The van der Waals surface area contributed by atoms with Gasteiger partial charge in [0.25, 0.3) is 0 Å². The Hall–Kier alpha value is -0.910. The molecule has 0 heterocycles. The molecule has 1 aromatic rings. The Morgan fingerprint density at radius 1 is 1.14 bits per heavy atom. The molecule has 1 N–H and O–H groups in total. The second-order valence-corrected chi connectivity index (χ2v) is 7.25. The molecule has 0 radical (unpaired) electrons. The molecule has 0 saturated heterocycles. The van der Waals surface area contributed by atoms with Crippen LogP contribution in [0.15, 0.2) is 30.3 Å². The van der Waals surface area contributed by atoms with Crippen molar-refractivity contribution in [2.75, 3.05) is 25.4 Å². The zero-order valence-corrected chi connectivity index (χ0v) is 14.2. The summed E-state index contributed by atoms with van der Waals surface area (Å²) in [6.07, 6.45) is 1.45. The third kappa shape index (κ3) is 7.07. The Morgan fingerprint density at radius 2 is 1.76 bits per heavy atom. The summed E-state index contributed by atoms with van der Waals surface area (Å²) in [5.74, 6) is 0.187. The van der Waals surface area contributed by atoms with E-state index < -0.39 is 10.0 Å². The van der Waals surface area contributed by atoms with Gasteiger partial charge in [0.2, 0.25) is 10.0 Å². The Bertz CT molecular complexity index is 484. The molecule has 0 aliphatic carbocycles. The lowest BCUT2D eigenvalue weighted by atomic mass is 10.1. The van der Waals surface area contributed by atoms with Gasteiger partial charge in [-0.3, -0.25) is 4.90 Å². The van der Waals surface area contributed by atoms with Crippen LogP contribution in [0.1, 0.15) is 32.8 Å². The number of aryl methyl sites for hydroxylation is 1. The largest absolute Gasteiger partial charge is 0.300 e. The number of benzene rings is 1. The Balaban J connectivity index is 2.33. The summed E-state index contributed by atoms with van der Waals surface area (Å²) >= 11 is 0. The lowest BCUT2D eigenvalue weighted by molar-refractivity contribution is 0.232. The molecule has 0 bridgehead atoms. The van der Waals surface area contributed by atoms with E-state index in [1.54, 1.807) is 0 Å². The topological polar surface area (TPSA) is 49.4 Å². The molecule has 4 nitrogen and oxygen atoms in total. The Labute approximate surface area is 129 Å². The molecule has 1 aromatic carbocycles. The lowest BCUT2D eigenvalue weighted by Gasteiger charge is -2.26. The van der Waals surface area contributed by atoms with E-state index in [-0.39, 0.29) is 11.8 Å². The monoisotopic (exact) mass is 312 g/mol. The third-order valence-electron chi connectivity index (χ3n) is 3.76. The van der Waals surface area contributed by atoms with Crippen LogP contribution in [0.2, 0.25) is 0 Å². The molecule has 0 spiro atoms. The van der Waals surface area contributed by atoms with Crippen molar-refractivity contribution in [3.63, 3.8) is 0 Å². The third-order valence-corrected chi connectivity index (χ3v) is 5.19. The van der Waals surface area contributed by atoms with Crippen LogP contribution in [0.5, 0.6) is 0 Å². The molecule has 1 atom stereocenters. The standard InChI is InChI=1S/C16H28N2O2S/c1-4-18(5-2)15(3)14-17-21(19,20)13-9-12-16-10-7-6-8-11-16/h6-8,10-11,15,17H,4-5,9,12-14H2,1-3H3. The minimum atomic E-state index is -3.17. The van der Waals surface area contributed by atoms with Crippen molar-refractivity contribution in [3.8, 4) is 0 Å². The van der Waals surface area contributed by atoms with Gasteiger partial charge in [-0.2, -0.15) is 0 Å². The van der Waals surface area contributed by atoms with Gasteiger partial charge in [-0.05, 0) is 38.4 Å². The smallest absolute Gasteiger partial charge is 0.211 e. The van der Waals surface area contributed by atoms with Gasteiger partial charge in [-0.25, -0.2) is 13.1 Å². The summed E-state index contributed by atoms with van der Waals surface area (Å²) in [5.41, 5.74) is 1.18. The number of rotatable bonds is 10. The van der Waals surface area contributed by atoms with Crippen LogP contribution in [-0.2, 0) is 16.4 Å². The fourth-order valence-corrected chi connectivity index (χ4v) is 3.57. The molecule has 0 fully saturated rings. The number of sulfonamides is 1. The number of hydrogen-bond acceptors (Lipinski definition) is 3. The molecule has 0 saturated carbocycles. The predicted molar refractivity (Wildman–Crippen MR) is 88.9 cm³/mol. The molecule has 0 aromatic heterocycles. The second kappa shape index (κ2) is 9.18. The van der Waals surface area contributed by atoms with Crippen LogP contribution < -0.4 is 4.72 Å². The summed E-state index contributed by atoms with van der Waals surface area (Å²) in [5, 5.41) is 0. The highest BCUT2D eigenvalue weighted by Crippen LogP contribution is 2.04. The fourth-order valence-electron chi connectivity index (χ4n) is 2.41. The van der Waals surface area contributed by atoms with E-state index in [4.69, 9.17) is 0 Å². The quantitative estimate of drug-likeness (QED) is 0.721. The van der Waals surface area contributed by atoms with E-state index in [0.717, 1.165) is 19.5 Å². The fraction of sp³-hybridized carbons (Fsp3) is 0.625. The first kappa shape index (κ1) is 18.1. The summed E-state index contributed by atoms with van der Waals surface area (Å²) < 4.78 is 26.7. The van der Waals surface area contributed by atoms with E-state index in [0.29, 0.717) is 13.0 Å². The van der Waals surface area contributed by atoms with Gasteiger partial charge in [0.1, 0.15) is 0 Å². The van der Waals surface area contributed by atoms with Gasteiger partial charge in [0.05, 0.1) is 5.75 Å². The molecule has 120 valence electrons. The molecular formula is C16H28N2O2S. The van der Waals surface area contributed by atoms with E-state index in [9.17, 15) is 8.42 Å². The molecule has 1 unspecified atom stereocenters. The van der Waals surface area contributed by atoms with Crippen LogP contribution >= 0.6 is 0 Å². The number of nitrogens with one attached hydrogen (secondary N) is 1. The van der Waals surface area contributed by atoms with Crippen molar-refractivity contribution in [2.45, 2.75) is 39.7 Å². The average Bonchev–Trinajstić information content (AvgIpc) is 2.47. The zero-order valence-electron chi connectivity index (χ0n) is 13.4.